The maximum absolute atomic E-state index is 12.1. The maximum atomic E-state index is 12.1. The van der Waals surface area contributed by atoms with Crippen LogP contribution in [0.5, 0.6) is 0 Å². The molecule has 0 radical (unpaired) electrons. The molecule has 0 unspecified atom stereocenters. The fourth-order valence-corrected chi connectivity index (χ4v) is 4.06. The third kappa shape index (κ3) is 2.99. The van der Waals surface area contributed by atoms with E-state index < -0.39 is 0 Å². The lowest BCUT2D eigenvalue weighted by Gasteiger charge is -2.27. The Balaban J connectivity index is 1.61. The molecule has 0 bridgehead atoms. The van der Waals surface area contributed by atoms with E-state index in [0.29, 0.717) is 11.3 Å². The van der Waals surface area contributed by atoms with E-state index in [9.17, 15) is 4.79 Å². The minimum atomic E-state index is -0.387. The highest BCUT2D eigenvalue weighted by Crippen LogP contribution is 2.31. The van der Waals surface area contributed by atoms with E-state index in [1.165, 1.54) is 24.3 Å². The van der Waals surface area contributed by atoms with Crippen molar-refractivity contribution < 1.29 is 9.63 Å². The van der Waals surface area contributed by atoms with Crippen LogP contribution >= 0.6 is 11.3 Å². The van der Waals surface area contributed by atoms with E-state index in [2.05, 4.69) is 22.2 Å². The van der Waals surface area contributed by atoms with Crippen LogP contribution < -0.4 is 4.90 Å². The average molecular weight is 338 g/mol. The Bertz CT molecular complexity index is 802. The number of benzene rings is 1. The molecule has 0 saturated carbocycles. The Morgan fingerprint density at radius 3 is 2.62 bits per heavy atom. The fourth-order valence-electron chi connectivity index (χ4n) is 3.06. The van der Waals surface area contributed by atoms with E-state index >= 15 is 0 Å². The standard InChI is InChI=1S/C19H18N2O2S/c22-19-16(18(20-23-19)14-7-3-1-4-8-14)13-15-9-10-17(24-15)21-11-5-2-6-12-21/h1,3-4,7-10,13H,2,5-6,11-12H2/b16-13-. The fraction of sp³-hybridized carbons (Fsp3) is 0.263. The van der Waals surface area contributed by atoms with E-state index in [1.807, 2.05) is 36.4 Å². The van der Waals surface area contributed by atoms with Crippen LogP contribution in [0.4, 0.5) is 5.00 Å². The normalized spacial score (nSPS) is 19.5. The summed E-state index contributed by atoms with van der Waals surface area (Å²) in [5.41, 5.74) is 2.02. The smallest absolute Gasteiger partial charge is 0.363 e. The van der Waals surface area contributed by atoms with E-state index in [0.717, 1.165) is 23.5 Å². The highest BCUT2D eigenvalue weighted by Gasteiger charge is 2.27. The quantitative estimate of drug-likeness (QED) is 0.625. The molecule has 0 N–H and O–H groups in total. The first-order valence-electron chi connectivity index (χ1n) is 8.23. The molecule has 0 amide bonds. The highest BCUT2D eigenvalue weighted by atomic mass is 32.1. The van der Waals surface area contributed by atoms with Gasteiger partial charge in [-0.05, 0) is 37.5 Å². The van der Waals surface area contributed by atoms with E-state index in [1.54, 1.807) is 11.3 Å². The van der Waals surface area contributed by atoms with Gasteiger partial charge in [-0.25, -0.2) is 4.79 Å². The minimum Gasteiger partial charge on any atom is -0.363 e. The van der Waals surface area contributed by atoms with Gasteiger partial charge in [-0.1, -0.05) is 35.5 Å². The van der Waals surface area contributed by atoms with Crippen LogP contribution in [0.2, 0.25) is 0 Å². The number of thiophene rings is 1. The van der Waals surface area contributed by atoms with Gasteiger partial charge in [0.05, 0.1) is 10.6 Å². The van der Waals surface area contributed by atoms with Crippen LogP contribution in [0, 0.1) is 0 Å². The van der Waals surface area contributed by atoms with Crippen LogP contribution in [0.15, 0.2) is 53.2 Å². The Kier molecular flexibility index (Phi) is 4.17. The number of piperidine rings is 1. The minimum absolute atomic E-state index is 0.387. The van der Waals surface area contributed by atoms with Crippen LogP contribution in [0.3, 0.4) is 0 Å². The Morgan fingerprint density at radius 1 is 1.04 bits per heavy atom. The van der Waals surface area contributed by atoms with Crippen molar-refractivity contribution in [3.05, 3.63) is 58.5 Å². The zero-order valence-corrected chi connectivity index (χ0v) is 14.1. The molecule has 0 spiro atoms. The van der Waals surface area contributed by atoms with Gasteiger partial charge in [0.1, 0.15) is 5.71 Å². The van der Waals surface area contributed by atoms with Crippen molar-refractivity contribution in [1.29, 1.82) is 0 Å². The topological polar surface area (TPSA) is 41.9 Å². The summed E-state index contributed by atoms with van der Waals surface area (Å²) in [4.78, 5) is 20.4. The average Bonchev–Trinajstić information content (AvgIpc) is 3.25. The van der Waals surface area contributed by atoms with Gasteiger partial charge in [0.2, 0.25) is 0 Å². The lowest BCUT2D eigenvalue weighted by molar-refractivity contribution is -0.136. The molecule has 2 aliphatic rings. The van der Waals surface area contributed by atoms with Gasteiger partial charge >= 0.3 is 5.97 Å². The number of oxime groups is 1. The molecule has 122 valence electrons. The molecule has 0 atom stereocenters. The molecule has 1 aromatic carbocycles. The molecular weight excluding hydrogens is 320 g/mol. The Morgan fingerprint density at radius 2 is 1.83 bits per heavy atom. The van der Waals surface area contributed by atoms with Gasteiger partial charge in [-0.3, -0.25) is 0 Å². The van der Waals surface area contributed by atoms with Crippen molar-refractivity contribution in [2.45, 2.75) is 19.3 Å². The van der Waals surface area contributed by atoms with Crippen molar-refractivity contribution in [2.24, 2.45) is 5.16 Å². The van der Waals surface area contributed by atoms with Gasteiger partial charge in [0.15, 0.2) is 0 Å². The van der Waals surface area contributed by atoms with Gasteiger partial charge in [-0.15, -0.1) is 11.3 Å². The van der Waals surface area contributed by atoms with Crippen molar-refractivity contribution >= 4 is 34.1 Å². The SMILES string of the molecule is O=C1ON=C(c2ccccc2)/C1=C/c1ccc(N2CCCCC2)s1. The molecule has 24 heavy (non-hydrogen) atoms. The molecule has 4 nitrogen and oxygen atoms in total. The number of carbonyl (C=O) groups excluding carboxylic acids is 1. The molecule has 2 aromatic rings. The number of carbonyl (C=O) groups is 1. The monoisotopic (exact) mass is 338 g/mol. The predicted molar refractivity (Wildman–Crippen MR) is 97.4 cm³/mol. The number of hydrogen-bond donors (Lipinski definition) is 0. The third-order valence-electron chi connectivity index (χ3n) is 4.31. The lowest BCUT2D eigenvalue weighted by atomic mass is 10.0. The third-order valence-corrected chi connectivity index (χ3v) is 5.40. The summed E-state index contributed by atoms with van der Waals surface area (Å²) in [7, 11) is 0. The molecule has 1 saturated heterocycles. The summed E-state index contributed by atoms with van der Waals surface area (Å²) in [6.07, 6.45) is 5.72. The van der Waals surface area contributed by atoms with E-state index in [4.69, 9.17) is 4.84 Å². The van der Waals surface area contributed by atoms with Crippen LogP contribution in [0.25, 0.3) is 6.08 Å². The second-order valence-electron chi connectivity index (χ2n) is 5.97. The zero-order chi connectivity index (χ0) is 16.4. The van der Waals surface area contributed by atoms with Crippen molar-refractivity contribution in [1.82, 2.24) is 0 Å². The number of hydrogen-bond acceptors (Lipinski definition) is 5. The summed E-state index contributed by atoms with van der Waals surface area (Å²) in [5.74, 6) is -0.387. The molecule has 3 heterocycles. The number of anilines is 1. The maximum Gasteiger partial charge on any atom is 0.368 e. The summed E-state index contributed by atoms with van der Waals surface area (Å²) >= 11 is 1.71. The molecule has 2 aliphatic heterocycles. The van der Waals surface area contributed by atoms with Crippen molar-refractivity contribution in [2.75, 3.05) is 18.0 Å². The largest absolute Gasteiger partial charge is 0.368 e. The van der Waals surface area contributed by atoms with Crippen LogP contribution in [-0.2, 0) is 9.63 Å². The van der Waals surface area contributed by atoms with Gasteiger partial charge in [-0.2, -0.15) is 0 Å². The Hall–Kier alpha value is -2.40. The molecule has 0 aliphatic carbocycles. The Labute approximate surface area is 145 Å². The van der Waals surface area contributed by atoms with Gasteiger partial charge < -0.3 is 9.74 Å². The van der Waals surface area contributed by atoms with Crippen LogP contribution in [-0.4, -0.2) is 24.8 Å². The predicted octanol–water partition coefficient (Wildman–Crippen LogP) is 4.08. The molecule has 5 heteroatoms. The first-order chi connectivity index (χ1) is 11.8. The summed E-state index contributed by atoms with van der Waals surface area (Å²) < 4.78 is 0. The first-order valence-corrected chi connectivity index (χ1v) is 9.04. The van der Waals surface area contributed by atoms with E-state index in [-0.39, 0.29) is 5.97 Å². The summed E-state index contributed by atoms with van der Waals surface area (Å²) in [6, 6.07) is 13.9. The summed E-state index contributed by atoms with van der Waals surface area (Å²) in [6.45, 7) is 2.24. The molecule has 4 rings (SSSR count). The highest BCUT2D eigenvalue weighted by molar-refractivity contribution is 7.17. The first kappa shape index (κ1) is 15.1. The van der Waals surface area contributed by atoms with Gasteiger partial charge in [0, 0.05) is 23.5 Å². The summed E-state index contributed by atoms with van der Waals surface area (Å²) in [5, 5.41) is 5.22. The van der Waals surface area contributed by atoms with Crippen molar-refractivity contribution in [3.63, 3.8) is 0 Å². The molecule has 1 fully saturated rings. The number of nitrogens with zero attached hydrogens (tertiary/aromatic N) is 2. The second-order valence-corrected chi connectivity index (χ2v) is 7.06. The molecule has 1 aromatic heterocycles. The zero-order valence-electron chi connectivity index (χ0n) is 13.3. The van der Waals surface area contributed by atoms with Crippen molar-refractivity contribution in [3.8, 4) is 0 Å². The van der Waals surface area contributed by atoms with Crippen LogP contribution in [0.1, 0.15) is 29.7 Å². The van der Waals surface area contributed by atoms with Gasteiger partial charge in [0.25, 0.3) is 0 Å². The second kappa shape index (κ2) is 6.61. The molecular formula is C19H18N2O2S. The number of rotatable bonds is 3. The lowest BCUT2D eigenvalue weighted by Crippen LogP contribution is -2.28.